The van der Waals surface area contributed by atoms with Crippen LogP contribution in [0.4, 0.5) is 16.2 Å². The maximum Gasteiger partial charge on any atom is 0.326 e. The van der Waals surface area contributed by atoms with Crippen LogP contribution < -0.4 is 15.5 Å². The second-order valence-electron chi connectivity index (χ2n) is 11.3. The lowest BCUT2D eigenvalue weighted by atomic mass is 9.96. The number of imidazole rings is 1. The van der Waals surface area contributed by atoms with Gasteiger partial charge in [-0.25, -0.2) is 9.78 Å². The van der Waals surface area contributed by atoms with Crippen LogP contribution in [0.1, 0.15) is 81.7 Å². The van der Waals surface area contributed by atoms with Gasteiger partial charge < -0.3 is 15.2 Å². The number of nitrogens with zero attached hydrogens (tertiary/aromatic N) is 4. The summed E-state index contributed by atoms with van der Waals surface area (Å²) in [7, 11) is 1.93. The molecule has 0 aliphatic carbocycles. The molecular formula is C35H54N6O. The summed E-state index contributed by atoms with van der Waals surface area (Å²) in [5.74, 6) is 1.15. The van der Waals surface area contributed by atoms with Crippen molar-refractivity contribution in [3.8, 4) is 0 Å². The van der Waals surface area contributed by atoms with Gasteiger partial charge in [-0.3, -0.25) is 9.80 Å². The summed E-state index contributed by atoms with van der Waals surface area (Å²) < 4.78 is 2.49. The van der Waals surface area contributed by atoms with Crippen LogP contribution in [0, 0.1) is 27.7 Å². The summed E-state index contributed by atoms with van der Waals surface area (Å²) in [4.78, 5) is 22.6. The van der Waals surface area contributed by atoms with Gasteiger partial charge >= 0.3 is 6.03 Å². The van der Waals surface area contributed by atoms with E-state index >= 15 is 0 Å². The topological polar surface area (TPSA) is 65.4 Å². The van der Waals surface area contributed by atoms with Crippen molar-refractivity contribution in [2.75, 3.05) is 36.9 Å². The highest BCUT2D eigenvalue weighted by molar-refractivity contribution is 6.01. The van der Waals surface area contributed by atoms with E-state index in [0.29, 0.717) is 24.7 Å². The largest absolute Gasteiger partial charge is 0.329 e. The number of carbonyl (C=O) groups excluding carboxylic acids is 1. The van der Waals surface area contributed by atoms with Crippen molar-refractivity contribution in [1.29, 1.82) is 0 Å². The van der Waals surface area contributed by atoms with Crippen LogP contribution in [0.25, 0.3) is 0 Å². The van der Waals surface area contributed by atoms with Gasteiger partial charge in [0.2, 0.25) is 0 Å². The minimum absolute atomic E-state index is 0.0758. The quantitative estimate of drug-likeness (QED) is 0.290. The zero-order valence-electron chi connectivity index (χ0n) is 27.3. The highest BCUT2D eigenvalue weighted by Gasteiger charge is 2.41. The standard InChI is InChI=1S/C30H39N5O.C3H9N.C2H6/c1-21-11-13-25(14-12-21)32-30(36)34(26-9-6-5-7-10-26)18-8-17-33-27-15-16-28(33)20-29(19-27)35-23(3)22(2)31-24(35)4;1-3-4-2;1-2/h5-7,9-14,27-29H,8,15-20H2,1-4H3,(H,32,36);4H,3H2,1-2H3;1-2H3. The average molecular weight is 575 g/mol. The molecule has 0 radical (unpaired) electrons. The van der Waals surface area contributed by atoms with Crippen molar-refractivity contribution in [3.05, 3.63) is 77.4 Å². The van der Waals surface area contributed by atoms with Crippen LogP contribution >= 0.6 is 0 Å². The Hall–Kier alpha value is -3.16. The number of para-hydroxylation sites is 1. The number of rotatable bonds is 8. The molecule has 1 aromatic heterocycles. The number of aryl methyl sites for hydroxylation is 3. The van der Waals surface area contributed by atoms with Gasteiger partial charge in [0.15, 0.2) is 0 Å². The summed E-state index contributed by atoms with van der Waals surface area (Å²) >= 11 is 0. The number of benzene rings is 2. The smallest absolute Gasteiger partial charge is 0.326 e. The SMILES string of the molecule is CC.CCNC.Cc1ccc(NC(=O)N(CCCN2C3CCC2CC(n2c(C)nc(C)c2C)C3)c2ccccc2)cc1. The molecule has 2 N–H and O–H groups in total. The van der Waals surface area contributed by atoms with E-state index in [0.717, 1.165) is 42.4 Å². The third-order valence-electron chi connectivity index (χ3n) is 8.56. The van der Waals surface area contributed by atoms with Crippen molar-refractivity contribution in [2.45, 2.75) is 98.7 Å². The number of urea groups is 1. The van der Waals surface area contributed by atoms with E-state index < -0.39 is 0 Å². The minimum Gasteiger partial charge on any atom is -0.329 e. The molecule has 2 amide bonds. The van der Waals surface area contributed by atoms with Gasteiger partial charge in [0.25, 0.3) is 0 Å². The molecule has 5 rings (SSSR count). The van der Waals surface area contributed by atoms with E-state index in [1.54, 1.807) is 0 Å². The number of anilines is 2. The Morgan fingerprint density at radius 3 is 2.05 bits per heavy atom. The second kappa shape index (κ2) is 16.5. The summed E-state index contributed by atoms with van der Waals surface area (Å²) in [5, 5.41) is 6.02. The van der Waals surface area contributed by atoms with E-state index in [1.807, 2.05) is 80.4 Å². The van der Waals surface area contributed by atoms with E-state index in [4.69, 9.17) is 4.98 Å². The third kappa shape index (κ3) is 8.45. The Morgan fingerprint density at radius 1 is 0.929 bits per heavy atom. The number of carbonyl (C=O) groups is 1. The van der Waals surface area contributed by atoms with Crippen molar-refractivity contribution in [3.63, 3.8) is 0 Å². The van der Waals surface area contributed by atoms with Crippen molar-refractivity contribution in [1.82, 2.24) is 19.8 Å². The Morgan fingerprint density at radius 2 is 1.52 bits per heavy atom. The predicted octanol–water partition coefficient (Wildman–Crippen LogP) is 7.67. The Bertz CT molecular complexity index is 1210. The fourth-order valence-electron chi connectivity index (χ4n) is 6.35. The van der Waals surface area contributed by atoms with Gasteiger partial charge in [0.1, 0.15) is 5.82 Å². The maximum absolute atomic E-state index is 13.3. The molecule has 2 fully saturated rings. The zero-order valence-corrected chi connectivity index (χ0v) is 27.3. The van der Waals surface area contributed by atoms with Gasteiger partial charge in [-0.05, 0) is 97.7 Å². The van der Waals surface area contributed by atoms with Crippen molar-refractivity contribution >= 4 is 17.4 Å². The number of aromatic nitrogens is 2. The van der Waals surface area contributed by atoms with Crippen LogP contribution in [0.2, 0.25) is 0 Å². The van der Waals surface area contributed by atoms with E-state index in [9.17, 15) is 4.79 Å². The first-order chi connectivity index (χ1) is 20.3. The minimum atomic E-state index is -0.0758. The first-order valence-corrected chi connectivity index (χ1v) is 15.9. The number of fused-ring (bicyclic) bond motifs is 2. The molecule has 7 nitrogen and oxygen atoms in total. The number of hydrogen-bond acceptors (Lipinski definition) is 4. The fraction of sp³-hybridized carbons (Fsp3) is 0.543. The van der Waals surface area contributed by atoms with Gasteiger partial charge in [0.05, 0.1) is 5.69 Å². The molecule has 2 aliphatic heterocycles. The molecule has 0 saturated carbocycles. The second-order valence-corrected chi connectivity index (χ2v) is 11.3. The number of amides is 2. The van der Waals surface area contributed by atoms with Crippen LogP contribution in [0.3, 0.4) is 0 Å². The maximum atomic E-state index is 13.3. The Balaban J connectivity index is 0.000000745. The molecule has 2 atom stereocenters. The Labute approximate surface area is 254 Å². The van der Waals surface area contributed by atoms with Crippen molar-refractivity contribution < 1.29 is 4.79 Å². The molecule has 42 heavy (non-hydrogen) atoms. The third-order valence-corrected chi connectivity index (χ3v) is 8.56. The van der Waals surface area contributed by atoms with E-state index in [1.165, 1.54) is 36.9 Å². The summed E-state index contributed by atoms with van der Waals surface area (Å²) in [5.41, 5.74) is 5.42. The first kappa shape index (κ1) is 33.3. The van der Waals surface area contributed by atoms with E-state index in [-0.39, 0.29) is 6.03 Å². The van der Waals surface area contributed by atoms with Gasteiger partial charge in [0, 0.05) is 48.3 Å². The zero-order chi connectivity index (χ0) is 30.6. The molecule has 2 bridgehead atoms. The van der Waals surface area contributed by atoms with Crippen LogP contribution in [-0.2, 0) is 0 Å². The van der Waals surface area contributed by atoms with Crippen LogP contribution in [-0.4, -0.2) is 59.2 Å². The molecule has 2 unspecified atom stereocenters. The average Bonchev–Trinajstić information content (AvgIpc) is 3.40. The van der Waals surface area contributed by atoms with Gasteiger partial charge in [-0.1, -0.05) is 56.7 Å². The normalized spacial score (nSPS) is 19.3. The molecule has 2 saturated heterocycles. The molecule has 2 aliphatic rings. The monoisotopic (exact) mass is 574 g/mol. The summed E-state index contributed by atoms with van der Waals surface area (Å²) in [6, 6.07) is 19.7. The van der Waals surface area contributed by atoms with Crippen LogP contribution in [0.15, 0.2) is 54.6 Å². The molecule has 2 aromatic carbocycles. The summed E-state index contributed by atoms with van der Waals surface area (Å²) in [6.07, 6.45) is 5.91. The number of piperidine rings is 1. The first-order valence-electron chi connectivity index (χ1n) is 15.9. The fourth-order valence-corrected chi connectivity index (χ4v) is 6.35. The highest BCUT2D eigenvalue weighted by atomic mass is 16.2. The summed E-state index contributed by atoms with van der Waals surface area (Å²) in [6.45, 7) is 17.4. The number of nitrogens with one attached hydrogen (secondary N) is 2. The lowest BCUT2D eigenvalue weighted by Gasteiger charge is -2.40. The molecule has 230 valence electrons. The van der Waals surface area contributed by atoms with Gasteiger partial charge in [-0.2, -0.15) is 0 Å². The predicted molar refractivity (Wildman–Crippen MR) is 178 cm³/mol. The lowest BCUT2D eigenvalue weighted by Crippen LogP contribution is -2.45. The van der Waals surface area contributed by atoms with Crippen LogP contribution in [0.5, 0.6) is 0 Å². The number of hydrogen-bond donors (Lipinski definition) is 2. The molecular weight excluding hydrogens is 520 g/mol. The van der Waals surface area contributed by atoms with Gasteiger partial charge in [-0.15, -0.1) is 0 Å². The molecule has 7 heteroatoms. The molecule has 3 heterocycles. The molecule has 0 spiro atoms. The Kier molecular flexibility index (Phi) is 13.1. The molecule has 3 aromatic rings. The lowest BCUT2D eigenvalue weighted by molar-refractivity contribution is 0.105. The highest BCUT2D eigenvalue weighted by Crippen LogP contribution is 2.42. The van der Waals surface area contributed by atoms with E-state index in [2.05, 4.69) is 54.7 Å². The van der Waals surface area contributed by atoms with Crippen molar-refractivity contribution in [2.24, 2.45) is 0 Å².